The summed E-state index contributed by atoms with van der Waals surface area (Å²) in [5, 5.41) is 29.7. The van der Waals surface area contributed by atoms with Crippen molar-refractivity contribution in [3.8, 4) is 34.4 Å². The van der Waals surface area contributed by atoms with Crippen molar-refractivity contribution in [2.24, 2.45) is 0 Å². The number of β-amino-alcohol motifs (C(OH)–C–C–N with tert-alkyl or cyclic N) is 1. The number of hydrogen-bond acceptors (Lipinski definition) is 9. The predicted octanol–water partition coefficient (Wildman–Crippen LogP) is 7.23. The Labute approximate surface area is 312 Å². The lowest BCUT2D eigenvalue weighted by Gasteiger charge is -2.35. The molecule has 3 aromatic carbocycles. The van der Waals surface area contributed by atoms with Crippen LogP contribution in [0.3, 0.4) is 0 Å². The third kappa shape index (κ3) is 9.43. The Balaban J connectivity index is 1.17. The second-order valence-corrected chi connectivity index (χ2v) is 14.3. The van der Waals surface area contributed by atoms with Crippen LogP contribution in [0.2, 0.25) is 5.02 Å². The van der Waals surface area contributed by atoms with E-state index in [9.17, 15) is 15.5 Å². The van der Waals surface area contributed by atoms with Gasteiger partial charge in [0.15, 0.2) is 0 Å². The molecule has 1 unspecified atom stereocenters. The summed E-state index contributed by atoms with van der Waals surface area (Å²) < 4.78 is 19.0. The van der Waals surface area contributed by atoms with Crippen LogP contribution in [-0.2, 0) is 19.8 Å². The summed E-state index contributed by atoms with van der Waals surface area (Å²) >= 11 is 6.89. The lowest BCUT2D eigenvalue weighted by atomic mass is 9.93. The molecular formula is C42H49ClN4O5. The van der Waals surface area contributed by atoms with E-state index in [2.05, 4.69) is 59.0 Å². The number of halogens is 1. The highest BCUT2D eigenvalue weighted by Gasteiger charge is 2.24. The van der Waals surface area contributed by atoms with Crippen molar-refractivity contribution >= 4 is 11.6 Å². The highest BCUT2D eigenvalue weighted by Crippen LogP contribution is 2.37. The van der Waals surface area contributed by atoms with Crippen LogP contribution in [0.4, 0.5) is 0 Å². The number of aliphatic hydroxyl groups excluding tert-OH is 2. The number of likely N-dealkylation sites (tertiary alicyclic amines) is 2. The molecule has 0 aliphatic carbocycles. The van der Waals surface area contributed by atoms with Gasteiger partial charge >= 0.3 is 0 Å². The second kappa shape index (κ2) is 18.0. The second-order valence-electron chi connectivity index (χ2n) is 13.9. The topological polar surface area (TPSA) is 111 Å². The normalized spacial score (nSPS) is 17.9. The molecule has 0 radical (unpaired) electrons. The molecule has 2 saturated heterocycles. The van der Waals surface area contributed by atoms with Crippen molar-refractivity contribution in [1.82, 2.24) is 14.8 Å². The van der Waals surface area contributed by atoms with Gasteiger partial charge in [-0.15, -0.1) is 0 Å². The number of aromatic nitrogens is 1. The molecule has 0 amide bonds. The van der Waals surface area contributed by atoms with E-state index in [4.69, 9.17) is 25.8 Å². The first kappa shape index (κ1) is 37.6. The maximum absolute atomic E-state index is 10.0. The van der Waals surface area contributed by atoms with E-state index < -0.39 is 0 Å². The molecule has 2 atom stereocenters. The van der Waals surface area contributed by atoms with Crippen molar-refractivity contribution in [3.05, 3.63) is 105 Å². The van der Waals surface area contributed by atoms with Crippen LogP contribution in [0.5, 0.6) is 17.2 Å². The number of nitrogens with zero attached hydrogens (tertiary/aromatic N) is 4. The first-order valence-electron chi connectivity index (χ1n) is 18.3. The van der Waals surface area contributed by atoms with Crippen LogP contribution in [0, 0.1) is 25.2 Å². The summed E-state index contributed by atoms with van der Waals surface area (Å²) in [6, 6.07) is 20.2. The fourth-order valence-corrected chi connectivity index (χ4v) is 7.50. The van der Waals surface area contributed by atoms with Crippen molar-refractivity contribution < 1.29 is 24.4 Å². The number of piperidine rings is 1. The van der Waals surface area contributed by atoms with Gasteiger partial charge in [0.1, 0.15) is 36.5 Å². The first-order chi connectivity index (χ1) is 25.3. The fourth-order valence-electron chi connectivity index (χ4n) is 7.26. The molecule has 1 aromatic heterocycles. The molecule has 4 aromatic rings. The maximum Gasteiger partial charge on any atom is 0.142 e. The van der Waals surface area contributed by atoms with Crippen LogP contribution in [0.25, 0.3) is 11.1 Å². The average molecular weight is 725 g/mol. The van der Waals surface area contributed by atoms with Crippen LogP contribution in [-0.4, -0.2) is 76.5 Å². The van der Waals surface area contributed by atoms with Crippen molar-refractivity contribution in [2.75, 3.05) is 39.4 Å². The summed E-state index contributed by atoms with van der Waals surface area (Å²) in [4.78, 5) is 8.76. The van der Waals surface area contributed by atoms with Crippen LogP contribution >= 0.6 is 11.6 Å². The van der Waals surface area contributed by atoms with Gasteiger partial charge in [-0.25, -0.2) is 0 Å². The summed E-state index contributed by atoms with van der Waals surface area (Å²) in [5.74, 6) is 2.03. The van der Waals surface area contributed by atoms with E-state index in [1.54, 1.807) is 12.3 Å². The highest BCUT2D eigenvalue weighted by molar-refractivity contribution is 6.32. The summed E-state index contributed by atoms with van der Waals surface area (Å²) in [5.41, 5.74) is 7.65. The molecule has 0 bridgehead atoms. The zero-order chi connectivity index (χ0) is 36.5. The monoisotopic (exact) mass is 724 g/mol. The lowest BCUT2D eigenvalue weighted by molar-refractivity contribution is 0.0831. The van der Waals surface area contributed by atoms with E-state index >= 15 is 0 Å². The summed E-state index contributed by atoms with van der Waals surface area (Å²) in [6.45, 7) is 9.59. The Morgan fingerprint density at radius 1 is 0.885 bits per heavy atom. The standard InChI is InChI=1S/C42H49ClN4O5/c1-29-33(8-5-10-37(29)38-11-6-12-40(30(38)2)50-17-7-14-46-16-13-36(49)25-46)28-52-42-20-41(51-27-32-18-31(21-44)22-45-23-32)34(19-39(42)43)24-47-15-4-3-9-35(47)26-48/h5-6,8,10-12,18-20,22-23,35-36,48-49H,3-4,7,9,13-17,24-28H2,1-2H3/t35?,36-/m1/s1. The third-order valence-electron chi connectivity index (χ3n) is 10.3. The number of rotatable bonds is 15. The number of ether oxygens (including phenoxy) is 3. The molecule has 0 saturated carbocycles. The Bertz CT molecular complexity index is 1860. The summed E-state index contributed by atoms with van der Waals surface area (Å²) in [7, 11) is 0. The van der Waals surface area contributed by atoms with Gasteiger partial charge in [-0.2, -0.15) is 5.26 Å². The molecule has 9 nitrogen and oxygen atoms in total. The Morgan fingerprint density at radius 3 is 2.48 bits per heavy atom. The van der Waals surface area contributed by atoms with Gasteiger partial charge < -0.3 is 29.3 Å². The molecule has 2 aliphatic heterocycles. The Morgan fingerprint density at radius 2 is 1.69 bits per heavy atom. The van der Waals surface area contributed by atoms with Crippen LogP contribution < -0.4 is 14.2 Å². The molecule has 6 rings (SSSR count). The number of nitriles is 1. The molecule has 2 N–H and O–H groups in total. The zero-order valence-electron chi connectivity index (χ0n) is 30.2. The number of aliphatic hydroxyl groups is 2. The smallest absolute Gasteiger partial charge is 0.142 e. The average Bonchev–Trinajstić information content (AvgIpc) is 3.58. The number of pyridine rings is 1. The minimum Gasteiger partial charge on any atom is -0.493 e. The largest absolute Gasteiger partial charge is 0.493 e. The first-order valence-corrected chi connectivity index (χ1v) is 18.7. The fraction of sp³-hybridized carbons (Fsp3) is 0.429. The third-order valence-corrected chi connectivity index (χ3v) is 10.6. The van der Waals surface area contributed by atoms with Gasteiger partial charge in [0.25, 0.3) is 0 Å². The summed E-state index contributed by atoms with van der Waals surface area (Å²) in [6.07, 6.45) is 7.92. The SMILES string of the molecule is Cc1c(COc2cc(OCc3cncc(C#N)c3)c(CN3CCCCC3CO)cc2Cl)cccc1-c1cccc(OCCCN2CC[C@@H](O)C2)c1C. The Hall–Kier alpha value is -4.17. The van der Waals surface area contributed by atoms with Crippen molar-refractivity contribution in [3.63, 3.8) is 0 Å². The molecule has 2 aliphatic rings. The highest BCUT2D eigenvalue weighted by atomic mass is 35.5. The Kier molecular flexibility index (Phi) is 13.0. The minimum atomic E-state index is -0.202. The molecule has 10 heteroatoms. The molecular weight excluding hydrogens is 676 g/mol. The molecule has 2 fully saturated rings. The van der Waals surface area contributed by atoms with Gasteiger partial charge in [-0.1, -0.05) is 48.4 Å². The zero-order valence-corrected chi connectivity index (χ0v) is 30.9. The van der Waals surface area contributed by atoms with Crippen LogP contribution in [0.1, 0.15) is 65.5 Å². The number of hydrogen-bond donors (Lipinski definition) is 2. The predicted molar refractivity (Wildman–Crippen MR) is 203 cm³/mol. The lowest BCUT2D eigenvalue weighted by Crippen LogP contribution is -2.41. The molecule has 52 heavy (non-hydrogen) atoms. The van der Waals surface area contributed by atoms with Gasteiger partial charge in [-0.3, -0.25) is 9.88 Å². The van der Waals surface area contributed by atoms with Crippen molar-refractivity contribution in [2.45, 2.75) is 77.9 Å². The van der Waals surface area contributed by atoms with E-state index in [-0.39, 0.29) is 25.4 Å². The van der Waals surface area contributed by atoms with E-state index in [1.807, 2.05) is 24.3 Å². The van der Waals surface area contributed by atoms with Gasteiger partial charge in [0, 0.05) is 61.8 Å². The van der Waals surface area contributed by atoms with Crippen LogP contribution in [0.15, 0.2) is 67.0 Å². The van der Waals surface area contributed by atoms with Gasteiger partial charge in [-0.05, 0) is 92.1 Å². The quantitative estimate of drug-likeness (QED) is 0.123. The molecule has 0 spiro atoms. The van der Waals surface area contributed by atoms with E-state index in [0.717, 1.165) is 103 Å². The van der Waals surface area contributed by atoms with Crippen molar-refractivity contribution in [1.29, 1.82) is 5.26 Å². The number of benzene rings is 3. The van der Waals surface area contributed by atoms with Gasteiger partial charge in [0.2, 0.25) is 0 Å². The van der Waals surface area contributed by atoms with E-state index in [0.29, 0.717) is 41.8 Å². The molecule has 274 valence electrons. The van der Waals surface area contributed by atoms with Gasteiger partial charge in [0.05, 0.1) is 29.9 Å². The maximum atomic E-state index is 10.0. The minimum absolute atomic E-state index is 0.0922. The van der Waals surface area contributed by atoms with E-state index in [1.165, 1.54) is 6.20 Å². The molecule has 3 heterocycles.